The van der Waals surface area contributed by atoms with Crippen LogP contribution < -0.4 is 9.47 Å². The molecule has 0 bridgehead atoms. The maximum absolute atomic E-state index is 12.7. The van der Waals surface area contributed by atoms with E-state index in [1.807, 2.05) is 23.1 Å². The Balaban J connectivity index is 1.69. The molecule has 1 aromatic carbocycles. The molecule has 0 aromatic heterocycles. The summed E-state index contributed by atoms with van der Waals surface area (Å²) in [5, 5.41) is 0. The van der Waals surface area contributed by atoms with E-state index >= 15 is 0 Å². The first-order valence-electron chi connectivity index (χ1n) is 8.86. The third kappa shape index (κ3) is 3.66. The molecular weight excluding hydrogens is 306 g/mol. The monoisotopic (exact) mass is 333 g/mol. The fourth-order valence-electron chi connectivity index (χ4n) is 3.78. The second-order valence-corrected chi connectivity index (χ2v) is 6.53. The Labute approximate surface area is 143 Å². The molecule has 132 valence electrons. The van der Waals surface area contributed by atoms with Crippen LogP contribution in [0.25, 0.3) is 0 Å². The minimum Gasteiger partial charge on any atom is -0.497 e. The predicted octanol–water partition coefficient (Wildman–Crippen LogP) is 3.33. The number of ether oxygens (including phenoxy) is 3. The van der Waals surface area contributed by atoms with E-state index in [4.69, 9.17) is 14.2 Å². The molecule has 1 amide bonds. The van der Waals surface area contributed by atoms with Crippen molar-refractivity contribution in [2.45, 2.75) is 50.7 Å². The zero-order valence-electron chi connectivity index (χ0n) is 14.6. The number of likely N-dealkylation sites (tertiary alicyclic amines) is 1. The summed E-state index contributed by atoms with van der Waals surface area (Å²) in [5.41, 5.74) is 1.07. The molecule has 0 unspecified atom stereocenters. The van der Waals surface area contributed by atoms with Gasteiger partial charge in [-0.05, 0) is 44.2 Å². The number of benzene rings is 1. The standard InChI is InChI=1S/C19H27NO4/c1-22-15-7-9-16(18(13-15)23-2)17-6-3-11-20(17)19(21)10-8-14-5-4-12-24-14/h7,9,13-14,17H,3-6,8,10-12H2,1-2H3/t14-,17-/m0/s1. The molecule has 0 saturated carbocycles. The van der Waals surface area contributed by atoms with Crippen molar-refractivity contribution < 1.29 is 19.0 Å². The third-order valence-electron chi connectivity index (χ3n) is 5.08. The van der Waals surface area contributed by atoms with Crippen molar-refractivity contribution in [2.75, 3.05) is 27.4 Å². The molecule has 2 heterocycles. The average molecular weight is 333 g/mol. The second-order valence-electron chi connectivity index (χ2n) is 6.53. The van der Waals surface area contributed by atoms with Gasteiger partial charge in [-0.2, -0.15) is 0 Å². The first kappa shape index (κ1) is 17.1. The lowest BCUT2D eigenvalue weighted by molar-refractivity contribution is -0.132. The van der Waals surface area contributed by atoms with Crippen molar-refractivity contribution >= 4 is 5.91 Å². The van der Waals surface area contributed by atoms with Gasteiger partial charge < -0.3 is 19.1 Å². The lowest BCUT2D eigenvalue weighted by atomic mass is 10.0. The van der Waals surface area contributed by atoms with Crippen LogP contribution in [0.4, 0.5) is 0 Å². The quantitative estimate of drug-likeness (QED) is 0.801. The van der Waals surface area contributed by atoms with Crippen LogP contribution in [0, 0.1) is 0 Å². The van der Waals surface area contributed by atoms with E-state index in [2.05, 4.69) is 0 Å². The van der Waals surface area contributed by atoms with E-state index in [-0.39, 0.29) is 18.1 Å². The van der Waals surface area contributed by atoms with Crippen LogP contribution in [-0.2, 0) is 9.53 Å². The molecule has 0 aliphatic carbocycles. The molecule has 3 rings (SSSR count). The molecule has 0 spiro atoms. The van der Waals surface area contributed by atoms with E-state index < -0.39 is 0 Å². The first-order valence-corrected chi connectivity index (χ1v) is 8.86. The summed E-state index contributed by atoms with van der Waals surface area (Å²) in [6.07, 6.45) is 5.89. The van der Waals surface area contributed by atoms with Gasteiger partial charge >= 0.3 is 0 Å². The number of rotatable bonds is 6. The summed E-state index contributed by atoms with van der Waals surface area (Å²) in [7, 11) is 3.31. The largest absolute Gasteiger partial charge is 0.497 e. The smallest absolute Gasteiger partial charge is 0.223 e. The fraction of sp³-hybridized carbons (Fsp3) is 0.632. The number of hydrogen-bond donors (Lipinski definition) is 0. The van der Waals surface area contributed by atoms with Crippen molar-refractivity contribution in [3.63, 3.8) is 0 Å². The Morgan fingerprint density at radius 2 is 2.12 bits per heavy atom. The number of amides is 1. The van der Waals surface area contributed by atoms with E-state index in [0.29, 0.717) is 6.42 Å². The zero-order chi connectivity index (χ0) is 16.9. The molecular formula is C19H27NO4. The van der Waals surface area contributed by atoms with Crippen LogP contribution in [0.5, 0.6) is 11.5 Å². The Morgan fingerprint density at radius 3 is 2.83 bits per heavy atom. The normalized spacial score (nSPS) is 23.5. The van der Waals surface area contributed by atoms with Crippen molar-refractivity contribution in [3.8, 4) is 11.5 Å². The molecule has 24 heavy (non-hydrogen) atoms. The Hall–Kier alpha value is -1.75. The zero-order valence-corrected chi connectivity index (χ0v) is 14.6. The van der Waals surface area contributed by atoms with Crippen molar-refractivity contribution in [2.24, 2.45) is 0 Å². The fourth-order valence-corrected chi connectivity index (χ4v) is 3.78. The molecule has 0 N–H and O–H groups in total. The van der Waals surface area contributed by atoms with Crippen LogP contribution in [0.3, 0.4) is 0 Å². The Kier molecular flexibility index (Phi) is 5.61. The number of hydrogen-bond acceptors (Lipinski definition) is 4. The molecule has 2 fully saturated rings. The first-order chi connectivity index (χ1) is 11.7. The molecule has 2 aliphatic heterocycles. The minimum absolute atomic E-state index is 0.0999. The Bertz CT molecular complexity index is 568. The molecule has 2 atom stereocenters. The van der Waals surface area contributed by atoms with Crippen molar-refractivity contribution in [1.82, 2.24) is 4.90 Å². The van der Waals surface area contributed by atoms with Gasteiger partial charge in [0.15, 0.2) is 0 Å². The highest BCUT2D eigenvalue weighted by Crippen LogP contribution is 2.39. The highest BCUT2D eigenvalue weighted by Gasteiger charge is 2.32. The van der Waals surface area contributed by atoms with Crippen LogP contribution in [0.1, 0.15) is 50.1 Å². The molecule has 2 saturated heterocycles. The van der Waals surface area contributed by atoms with Crippen LogP contribution in [0.15, 0.2) is 18.2 Å². The molecule has 1 aromatic rings. The highest BCUT2D eigenvalue weighted by molar-refractivity contribution is 5.77. The van der Waals surface area contributed by atoms with Gasteiger partial charge in [-0.1, -0.05) is 0 Å². The second kappa shape index (κ2) is 7.88. The Morgan fingerprint density at radius 1 is 1.25 bits per heavy atom. The van der Waals surface area contributed by atoms with Crippen molar-refractivity contribution in [3.05, 3.63) is 23.8 Å². The summed E-state index contributed by atoms with van der Waals surface area (Å²) < 4.78 is 16.4. The van der Waals surface area contributed by atoms with Gasteiger partial charge in [-0.3, -0.25) is 4.79 Å². The van der Waals surface area contributed by atoms with Crippen LogP contribution in [0.2, 0.25) is 0 Å². The topological polar surface area (TPSA) is 48.0 Å². The van der Waals surface area contributed by atoms with Gasteiger partial charge in [0.05, 0.1) is 26.4 Å². The maximum atomic E-state index is 12.7. The van der Waals surface area contributed by atoms with E-state index in [1.54, 1.807) is 14.2 Å². The number of nitrogens with zero attached hydrogens (tertiary/aromatic N) is 1. The molecule has 0 radical (unpaired) electrons. The average Bonchev–Trinajstić information content (AvgIpc) is 3.30. The maximum Gasteiger partial charge on any atom is 0.223 e. The number of carbonyl (C=O) groups excluding carboxylic acids is 1. The molecule has 2 aliphatic rings. The molecule has 5 nitrogen and oxygen atoms in total. The summed E-state index contributed by atoms with van der Waals surface area (Å²) in [6.45, 7) is 1.67. The highest BCUT2D eigenvalue weighted by atomic mass is 16.5. The van der Waals surface area contributed by atoms with E-state index in [0.717, 1.165) is 62.3 Å². The summed E-state index contributed by atoms with van der Waals surface area (Å²) >= 11 is 0. The minimum atomic E-state index is 0.0999. The summed E-state index contributed by atoms with van der Waals surface area (Å²) in [6, 6.07) is 5.95. The van der Waals surface area contributed by atoms with Gasteiger partial charge in [0, 0.05) is 31.2 Å². The van der Waals surface area contributed by atoms with Gasteiger partial charge in [0.2, 0.25) is 5.91 Å². The van der Waals surface area contributed by atoms with Crippen molar-refractivity contribution in [1.29, 1.82) is 0 Å². The van der Waals surface area contributed by atoms with Crippen LogP contribution >= 0.6 is 0 Å². The van der Waals surface area contributed by atoms with Crippen LogP contribution in [-0.4, -0.2) is 44.3 Å². The SMILES string of the molecule is COc1ccc([C@@H]2CCCN2C(=O)CC[C@@H]2CCCO2)c(OC)c1. The third-order valence-corrected chi connectivity index (χ3v) is 5.08. The van der Waals surface area contributed by atoms with E-state index in [1.165, 1.54) is 0 Å². The lowest BCUT2D eigenvalue weighted by Gasteiger charge is -2.27. The molecule has 5 heteroatoms. The van der Waals surface area contributed by atoms with Gasteiger partial charge in [-0.15, -0.1) is 0 Å². The summed E-state index contributed by atoms with van der Waals surface area (Å²) in [5.74, 6) is 1.79. The van der Waals surface area contributed by atoms with E-state index in [9.17, 15) is 4.79 Å². The predicted molar refractivity (Wildman–Crippen MR) is 91.4 cm³/mol. The number of carbonyl (C=O) groups is 1. The lowest BCUT2D eigenvalue weighted by Crippen LogP contribution is -2.31. The number of methoxy groups -OCH3 is 2. The van der Waals surface area contributed by atoms with Gasteiger partial charge in [-0.25, -0.2) is 0 Å². The summed E-state index contributed by atoms with van der Waals surface area (Å²) in [4.78, 5) is 14.7. The van der Waals surface area contributed by atoms with Gasteiger partial charge in [0.1, 0.15) is 11.5 Å². The van der Waals surface area contributed by atoms with Gasteiger partial charge in [0.25, 0.3) is 0 Å².